The third-order valence-electron chi connectivity index (χ3n) is 2.96. The van der Waals surface area contributed by atoms with Gasteiger partial charge in [-0.1, -0.05) is 12.1 Å². The summed E-state index contributed by atoms with van der Waals surface area (Å²) in [5.74, 6) is -0.317. The lowest BCUT2D eigenvalue weighted by Gasteiger charge is -2.20. The number of rotatable bonds is 4. The van der Waals surface area contributed by atoms with Crippen LogP contribution in [0.1, 0.15) is 19.4 Å². The number of benzene rings is 1. The molecule has 0 radical (unpaired) electrons. The first-order chi connectivity index (χ1) is 9.13. The third kappa shape index (κ3) is 3.17. The maximum absolute atomic E-state index is 11.4. The number of hydrogen-bond acceptors (Lipinski definition) is 4. The summed E-state index contributed by atoms with van der Waals surface area (Å²) >= 11 is 0.939. The van der Waals surface area contributed by atoms with E-state index in [1.165, 1.54) is 0 Å². The van der Waals surface area contributed by atoms with Gasteiger partial charge in [-0.2, -0.15) is 0 Å². The van der Waals surface area contributed by atoms with Gasteiger partial charge in [0.15, 0.2) is 0 Å². The molecule has 0 unspecified atom stereocenters. The summed E-state index contributed by atoms with van der Waals surface area (Å²) in [6, 6.07) is 7.96. The zero-order valence-corrected chi connectivity index (χ0v) is 11.8. The van der Waals surface area contributed by atoms with Crippen molar-refractivity contribution in [2.75, 3.05) is 18.0 Å². The van der Waals surface area contributed by atoms with E-state index in [9.17, 15) is 9.59 Å². The molecule has 1 aromatic carbocycles. The minimum Gasteiger partial charge on any atom is -0.372 e. The average Bonchev–Trinajstić information content (AvgIpc) is 2.71. The standard InChI is InChI=1S/C14H16N2O2S/c1-3-16(4-2)11-7-5-10(6-8-11)9-12-13(17)15-14(18)19-12/h5-9H,3-4H2,1-2H3,(H,15,17,18)/b12-9+. The van der Waals surface area contributed by atoms with Crippen molar-refractivity contribution in [3.05, 3.63) is 34.7 Å². The van der Waals surface area contributed by atoms with E-state index in [1.54, 1.807) is 6.08 Å². The zero-order chi connectivity index (χ0) is 13.8. The number of amides is 2. The molecular formula is C14H16N2O2S. The lowest BCUT2D eigenvalue weighted by Crippen LogP contribution is -2.21. The predicted molar refractivity (Wildman–Crippen MR) is 79.1 cm³/mol. The topological polar surface area (TPSA) is 49.4 Å². The highest BCUT2D eigenvalue weighted by molar-refractivity contribution is 8.18. The summed E-state index contributed by atoms with van der Waals surface area (Å²) in [6.45, 7) is 6.16. The molecule has 5 heteroatoms. The zero-order valence-electron chi connectivity index (χ0n) is 11.0. The molecule has 1 fully saturated rings. The number of carbonyl (C=O) groups is 2. The van der Waals surface area contributed by atoms with Crippen LogP contribution in [0, 0.1) is 0 Å². The van der Waals surface area contributed by atoms with Gasteiger partial charge in [0, 0.05) is 18.8 Å². The first kappa shape index (κ1) is 13.7. The van der Waals surface area contributed by atoms with Gasteiger partial charge in [-0.3, -0.25) is 14.9 Å². The monoisotopic (exact) mass is 276 g/mol. The van der Waals surface area contributed by atoms with Crippen LogP contribution in [-0.4, -0.2) is 24.2 Å². The molecule has 0 saturated carbocycles. The second-order valence-corrected chi connectivity index (χ2v) is 5.13. The summed E-state index contributed by atoms with van der Waals surface area (Å²) in [6.07, 6.45) is 1.73. The van der Waals surface area contributed by atoms with Crippen molar-refractivity contribution in [2.24, 2.45) is 0 Å². The number of hydrogen-bond donors (Lipinski definition) is 1. The molecule has 19 heavy (non-hydrogen) atoms. The van der Waals surface area contributed by atoms with Gasteiger partial charge >= 0.3 is 0 Å². The van der Waals surface area contributed by atoms with Crippen molar-refractivity contribution in [3.8, 4) is 0 Å². The molecule has 0 aromatic heterocycles. The van der Waals surface area contributed by atoms with E-state index in [2.05, 4.69) is 24.1 Å². The summed E-state index contributed by atoms with van der Waals surface area (Å²) in [4.78, 5) is 25.2. The molecule has 1 saturated heterocycles. The average molecular weight is 276 g/mol. The first-order valence-electron chi connectivity index (χ1n) is 6.24. The third-order valence-corrected chi connectivity index (χ3v) is 3.77. The highest BCUT2D eigenvalue weighted by atomic mass is 32.2. The molecular weight excluding hydrogens is 260 g/mol. The maximum atomic E-state index is 11.4. The Morgan fingerprint density at radius 2 is 1.79 bits per heavy atom. The Labute approximate surface area is 116 Å². The van der Waals surface area contributed by atoms with Gasteiger partial charge in [0.2, 0.25) is 0 Å². The molecule has 0 atom stereocenters. The first-order valence-corrected chi connectivity index (χ1v) is 7.05. The Hall–Kier alpha value is -1.75. The van der Waals surface area contributed by atoms with Gasteiger partial charge in [0.25, 0.3) is 11.1 Å². The van der Waals surface area contributed by atoms with Crippen LogP contribution in [0.3, 0.4) is 0 Å². The van der Waals surface area contributed by atoms with E-state index in [4.69, 9.17) is 0 Å². The molecule has 0 bridgehead atoms. The van der Waals surface area contributed by atoms with Gasteiger partial charge in [0.05, 0.1) is 4.91 Å². The number of thioether (sulfide) groups is 1. The van der Waals surface area contributed by atoms with Crippen molar-refractivity contribution < 1.29 is 9.59 Å². The fourth-order valence-corrected chi connectivity index (χ4v) is 2.62. The van der Waals surface area contributed by atoms with Crippen LogP contribution in [0.5, 0.6) is 0 Å². The van der Waals surface area contributed by atoms with Crippen molar-refractivity contribution >= 4 is 34.7 Å². The van der Waals surface area contributed by atoms with Crippen LogP contribution in [0.2, 0.25) is 0 Å². The molecule has 4 nitrogen and oxygen atoms in total. The molecule has 1 aliphatic heterocycles. The molecule has 1 N–H and O–H groups in total. The minimum absolute atomic E-state index is 0.309. The lowest BCUT2D eigenvalue weighted by molar-refractivity contribution is -0.115. The fraction of sp³-hybridized carbons (Fsp3) is 0.286. The molecule has 1 aromatic rings. The van der Waals surface area contributed by atoms with Gasteiger partial charge < -0.3 is 4.90 Å². The van der Waals surface area contributed by atoms with E-state index in [-0.39, 0.29) is 11.1 Å². The second-order valence-electron chi connectivity index (χ2n) is 4.12. The van der Waals surface area contributed by atoms with E-state index in [1.807, 2.05) is 24.3 Å². The number of nitrogens with one attached hydrogen (secondary N) is 1. The maximum Gasteiger partial charge on any atom is 0.290 e. The second kappa shape index (κ2) is 5.93. The van der Waals surface area contributed by atoms with Crippen molar-refractivity contribution in [3.63, 3.8) is 0 Å². The fourth-order valence-electron chi connectivity index (χ4n) is 1.94. The van der Waals surface area contributed by atoms with Gasteiger partial charge in [-0.15, -0.1) is 0 Å². The normalized spacial score (nSPS) is 16.8. The van der Waals surface area contributed by atoms with Crippen molar-refractivity contribution in [1.29, 1.82) is 0 Å². The summed E-state index contributed by atoms with van der Waals surface area (Å²) in [5.41, 5.74) is 2.08. The predicted octanol–water partition coefficient (Wildman–Crippen LogP) is 2.86. The van der Waals surface area contributed by atoms with Gasteiger partial charge in [0.1, 0.15) is 0 Å². The largest absolute Gasteiger partial charge is 0.372 e. The lowest BCUT2D eigenvalue weighted by atomic mass is 10.2. The smallest absolute Gasteiger partial charge is 0.290 e. The van der Waals surface area contributed by atoms with Crippen LogP contribution in [0.25, 0.3) is 6.08 Å². The van der Waals surface area contributed by atoms with Crippen LogP contribution < -0.4 is 10.2 Å². The molecule has 1 heterocycles. The van der Waals surface area contributed by atoms with Crippen LogP contribution in [0.4, 0.5) is 10.5 Å². The quantitative estimate of drug-likeness (QED) is 0.859. The molecule has 1 aliphatic rings. The Morgan fingerprint density at radius 3 is 2.26 bits per heavy atom. The Kier molecular flexibility index (Phi) is 4.27. The van der Waals surface area contributed by atoms with Crippen molar-refractivity contribution in [2.45, 2.75) is 13.8 Å². The Morgan fingerprint density at radius 1 is 1.16 bits per heavy atom. The van der Waals surface area contributed by atoms with Crippen LogP contribution in [0.15, 0.2) is 29.2 Å². The summed E-state index contributed by atoms with van der Waals surface area (Å²) in [7, 11) is 0. The number of carbonyl (C=O) groups excluding carboxylic acids is 2. The SMILES string of the molecule is CCN(CC)c1ccc(/C=C2/SC(=O)NC2=O)cc1. The number of anilines is 1. The molecule has 0 aliphatic carbocycles. The highest BCUT2D eigenvalue weighted by Crippen LogP contribution is 2.26. The van der Waals surface area contributed by atoms with E-state index >= 15 is 0 Å². The van der Waals surface area contributed by atoms with Gasteiger partial charge in [-0.25, -0.2) is 0 Å². The summed E-state index contributed by atoms with van der Waals surface area (Å²) in [5, 5.41) is 1.93. The molecule has 2 amide bonds. The molecule has 2 rings (SSSR count). The summed E-state index contributed by atoms with van der Waals surface area (Å²) < 4.78 is 0. The van der Waals surface area contributed by atoms with Crippen LogP contribution in [-0.2, 0) is 4.79 Å². The number of imide groups is 1. The highest BCUT2D eigenvalue weighted by Gasteiger charge is 2.24. The number of nitrogens with zero attached hydrogens (tertiary/aromatic N) is 1. The van der Waals surface area contributed by atoms with E-state index in [0.717, 1.165) is 36.1 Å². The van der Waals surface area contributed by atoms with Crippen LogP contribution >= 0.6 is 11.8 Å². The minimum atomic E-state index is -0.317. The van der Waals surface area contributed by atoms with Crippen molar-refractivity contribution in [1.82, 2.24) is 5.32 Å². The molecule has 100 valence electrons. The van der Waals surface area contributed by atoms with Gasteiger partial charge in [-0.05, 0) is 49.4 Å². The Bertz CT molecular complexity index is 519. The van der Waals surface area contributed by atoms with E-state index < -0.39 is 0 Å². The Balaban J connectivity index is 2.17. The van der Waals surface area contributed by atoms with E-state index in [0.29, 0.717) is 4.91 Å². The molecule has 0 spiro atoms.